The van der Waals surface area contributed by atoms with Gasteiger partial charge in [-0.05, 0) is 46.3 Å². The van der Waals surface area contributed by atoms with Crippen LogP contribution in [0.25, 0.3) is 10.9 Å². The number of fused-ring (bicyclic) bond motifs is 1. The number of carbonyl (C=O) groups excluding carboxylic acids is 1. The van der Waals surface area contributed by atoms with Gasteiger partial charge in [-0.2, -0.15) is 0 Å². The summed E-state index contributed by atoms with van der Waals surface area (Å²) in [5, 5.41) is 1.39. The molecule has 0 aliphatic heterocycles. The molecule has 3 aromatic rings. The van der Waals surface area contributed by atoms with Crippen molar-refractivity contribution in [2.24, 2.45) is 0 Å². The Morgan fingerprint density at radius 2 is 2.11 bits per heavy atom. The Morgan fingerprint density at radius 3 is 2.83 bits per heavy atom. The smallest absolute Gasteiger partial charge is 0.230 e. The number of benzene rings is 1. The highest BCUT2D eigenvalue weighted by atomic mass is 79.9. The van der Waals surface area contributed by atoms with Gasteiger partial charge in [0.1, 0.15) is 0 Å². The van der Waals surface area contributed by atoms with Crippen LogP contribution < -0.4 is 0 Å². The maximum absolute atomic E-state index is 12.3. The summed E-state index contributed by atoms with van der Waals surface area (Å²) in [6, 6.07) is 8.70. The van der Waals surface area contributed by atoms with E-state index in [1.807, 2.05) is 6.07 Å². The van der Waals surface area contributed by atoms with Crippen LogP contribution in [0.15, 0.2) is 45.6 Å². The Labute approximate surface area is 116 Å². The van der Waals surface area contributed by atoms with Gasteiger partial charge in [-0.3, -0.25) is 4.79 Å². The minimum atomic E-state index is -0.172. The van der Waals surface area contributed by atoms with Crippen LogP contribution in [0.3, 0.4) is 0 Å². The minimum absolute atomic E-state index is 0.172. The Kier molecular flexibility index (Phi) is 2.76. The molecule has 3 nitrogen and oxygen atoms in total. The highest BCUT2D eigenvalue weighted by Gasteiger charge is 2.17. The van der Waals surface area contributed by atoms with Crippen molar-refractivity contribution in [3.63, 3.8) is 0 Å². The van der Waals surface area contributed by atoms with Crippen molar-refractivity contribution in [1.82, 2.24) is 4.98 Å². The summed E-state index contributed by atoms with van der Waals surface area (Å²) in [6.07, 6.45) is 1.67. The topological polar surface area (TPSA) is 46.0 Å². The maximum Gasteiger partial charge on any atom is 0.230 e. The molecular formula is C13H7BrClNO2. The Hall–Kier alpha value is -1.52. The van der Waals surface area contributed by atoms with E-state index in [2.05, 4.69) is 20.9 Å². The number of halogens is 2. The van der Waals surface area contributed by atoms with E-state index in [0.717, 1.165) is 10.9 Å². The zero-order valence-electron chi connectivity index (χ0n) is 9.04. The molecule has 2 aromatic heterocycles. The second-order valence-electron chi connectivity index (χ2n) is 3.83. The first-order valence-corrected chi connectivity index (χ1v) is 6.39. The lowest BCUT2D eigenvalue weighted by Crippen LogP contribution is -1.97. The van der Waals surface area contributed by atoms with Gasteiger partial charge in [0.15, 0.2) is 10.4 Å². The number of hydrogen-bond donors (Lipinski definition) is 1. The van der Waals surface area contributed by atoms with E-state index in [4.69, 9.17) is 16.0 Å². The van der Waals surface area contributed by atoms with Crippen LogP contribution in [-0.4, -0.2) is 10.8 Å². The first-order chi connectivity index (χ1) is 8.65. The summed E-state index contributed by atoms with van der Waals surface area (Å²) in [5.74, 6) is 0.122. The summed E-state index contributed by atoms with van der Waals surface area (Å²) in [4.78, 5) is 15.3. The number of rotatable bonds is 2. The largest absolute Gasteiger partial charge is 0.446 e. The number of aromatic nitrogens is 1. The standard InChI is InChI=1S/C13H7BrClNO2/c14-12-4-3-11(18-12)13(17)9-6-16-10-2-1-7(15)5-8(9)10/h1-6,16H. The minimum Gasteiger partial charge on any atom is -0.446 e. The zero-order chi connectivity index (χ0) is 12.7. The van der Waals surface area contributed by atoms with Gasteiger partial charge in [0.05, 0.1) is 5.56 Å². The SMILES string of the molecule is O=C(c1ccc(Br)o1)c1c[nH]c2ccc(Cl)cc12. The van der Waals surface area contributed by atoms with Gasteiger partial charge in [-0.25, -0.2) is 0 Å². The molecule has 0 atom stereocenters. The first kappa shape index (κ1) is 11.6. The predicted octanol–water partition coefficient (Wildman–Crippen LogP) is 4.41. The Morgan fingerprint density at radius 1 is 1.28 bits per heavy atom. The van der Waals surface area contributed by atoms with Crippen LogP contribution in [0.1, 0.15) is 16.1 Å². The van der Waals surface area contributed by atoms with Crippen molar-refractivity contribution in [1.29, 1.82) is 0 Å². The molecule has 0 saturated heterocycles. The van der Waals surface area contributed by atoms with E-state index in [-0.39, 0.29) is 5.78 Å². The molecule has 0 radical (unpaired) electrons. The van der Waals surface area contributed by atoms with Gasteiger partial charge in [-0.1, -0.05) is 11.6 Å². The van der Waals surface area contributed by atoms with E-state index in [1.165, 1.54) is 0 Å². The molecule has 0 aliphatic carbocycles. The van der Waals surface area contributed by atoms with E-state index in [1.54, 1.807) is 30.5 Å². The average molecular weight is 325 g/mol. The van der Waals surface area contributed by atoms with E-state index >= 15 is 0 Å². The summed E-state index contributed by atoms with van der Waals surface area (Å²) >= 11 is 9.12. The molecule has 0 amide bonds. The third-order valence-corrected chi connectivity index (χ3v) is 3.35. The molecule has 0 fully saturated rings. The second-order valence-corrected chi connectivity index (χ2v) is 5.04. The molecule has 0 unspecified atom stereocenters. The van der Waals surface area contributed by atoms with Crippen LogP contribution in [0.4, 0.5) is 0 Å². The van der Waals surface area contributed by atoms with Gasteiger partial charge in [0.2, 0.25) is 5.78 Å². The normalized spacial score (nSPS) is 11.0. The van der Waals surface area contributed by atoms with Gasteiger partial charge < -0.3 is 9.40 Å². The summed E-state index contributed by atoms with van der Waals surface area (Å²) in [5.41, 5.74) is 1.42. The second kappa shape index (κ2) is 4.30. The predicted molar refractivity (Wildman–Crippen MR) is 73.1 cm³/mol. The van der Waals surface area contributed by atoms with E-state index in [9.17, 15) is 4.79 Å². The molecule has 90 valence electrons. The zero-order valence-corrected chi connectivity index (χ0v) is 11.4. The number of aromatic amines is 1. The summed E-state index contributed by atoms with van der Waals surface area (Å²) < 4.78 is 5.80. The van der Waals surface area contributed by atoms with E-state index < -0.39 is 0 Å². The molecule has 0 bridgehead atoms. The fourth-order valence-electron chi connectivity index (χ4n) is 1.85. The van der Waals surface area contributed by atoms with Gasteiger partial charge in [0.25, 0.3) is 0 Å². The van der Waals surface area contributed by atoms with Crippen LogP contribution in [0.2, 0.25) is 5.02 Å². The van der Waals surface area contributed by atoms with Crippen molar-refractivity contribution in [3.05, 3.63) is 57.5 Å². The molecular weight excluding hydrogens is 318 g/mol. The monoisotopic (exact) mass is 323 g/mol. The van der Waals surface area contributed by atoms with Crippen molar-refractivity contribution in [3.8, 4) is 0 Å². The van der Waals surface area contributed by atoms with Crippen LogP contribution in [0.5, 0.6) is 0 Å². The number of carbonyl (C=O) groups is 1. The molecule has 0 aliphatic rings. The number of nitrogens with one attached hydrogen (secondary N) is 1. The lowest BCUT2D eigenvalue weighted by Gasteiger charge is -1.96. The lowest BCUT2D eigenvalue weighted by atomic mass is 10.1. The van der Waals surface area contributed by atoms with Gasteiger partial charge >= 0.3 is 0 Å². The molecule has 0 saturated carbocycles. The van der Waals surface area contributed by atoms with Crippen LogP contribution in [-0.2, 0) is 0 Å². The Balaban J connectivity index is 2.14. The molecule has 18 heavy (non-hydrogen) atoms. The maximum atomic E-state index is 12.3. The average Bonchev–Trinajstić information content (AvgIpc) is 2.94. The van der Waals surface area contributed by atoms with Crippen molar-refractivity contribution in [2.45, 2.75) is 0 Å². The number of furan rings is 1. The van der Waals surface area contributed by atoms with Crippen molar-refractivity contribution in [2.75, 3.05) is 0 Å². The molecule has 1 N–H and O–H groups in total. The highest BCUT2D eigenvalue weighted by Crippen LogP contribution is 2.25. The fourth-order valence-corrected chi connectivity index (χ4v) is 2.33. The quantitative estimate of drug-likeness (QED) is 0.710. The number of H-pyrrole nitrogens is 1. The lowest BCUT2D eigenvalue weighted by molar-refractivity contribution is 0.101. The molecule has 0 spiro atoms. The molecule has 1 aromatic carbocycles. The first-order valence-electron chi connectivity index (χ1n) is 5.22. The number of hydrogen-bond acceptors (Lipinski definition) is 2. The summed E-state index contributed by atoms with van der Waals surface area (Å²) in [6.45, 7) is 0. The molecule has 2 heterocycles. The van der Waals surface area contributed by atoms with E-state index in [0.29, 0.717) is 21.0 Å². The third kappa shape index (κ3) is 1.87. The Bertz CT molecular complexity index is 744. The highest BCUT2D eigenvalue weighted by molar-refractivity contribution is 9.10. The van der Waals surface area contributed by atoms with Gasteiger partial charge in [0, 0.05) is 22.1 Å². The van der Waals surface area contributed by atoms with Crippen LogP contribution in [0, 0.1) is 0 Å². The summed E-state index contributed by atoms with van der Waals surface area (Å²) in [7, 11) is 0. The van der Waals surface area contributed by atoms with Gasteiger partial charge in [-0.15, -0.1) is 0 Å². The molecule has 3 rings (SSSR count). The van der Waals surface area contributed by atoms with Crippen molar-refractivity contribution >= 4 is 44.2 Å². The van der Waals surface area contributed by atoms with Crippen LogP contribution >= 0.6 is 27.5 Å². The van der Waals surface area contributed by atoms with Crippen molar-refractivity contribution < 1.29 is 9.21 Å². The fraction of sp³-hybridized carbons (Fsp3) is 0. The molecule has 5 heteroatoms. The third-order valence-electron chi connectivity index (χ3n) is 2.69. The number of ketones is 1.